The summed E-state index contributed by atoms with van der Waals surface area (Å²) < 4.78 is 39.2. The van der Waals surface area contributed by atoms with Crippen molar-refractivity contribution in [2.45, 2.75) is 6.92 Å². The third-order valence-electron chi connectivity index (χ3n) is 2.27. The predicted octanol–water partition coefficient (Wildman–Crippen LogP) is 2.60. The number of nitrogens with zero attached hydrogens (tertiary/aromatic N) is 2. The van der Waals surface area contributed by atoms with Crippen molar-refractivity contribution in [3.63, 3.8) is 0 Å². The minimum atomic E-state index is -1.57. The van der Waals surface area contributed by atoms with Gasteiger partial charge in [0.2, 0.25) is 5.91 Å². The summed E-state index contributed by atoms with van der Waals surface area (Å²) >= 11 is 0. The number of benzene rings is 1. The molecule has 2 aromatic rings. The van der Waals surface area contributed by atoms with E-state index in [2.05, 4.69) is 20.8 Å². The number of aromatic nitrogens is 2. The van der Waals surface area contributed by atoms with Crippen LogP contribution in [0.4, 0.5) is 30.5 Å². The van der Waals surface area contributed by atoms with Gasteiger partial charge in [-0.2, -0.15) is 0 Å². The van der Waals surface area contributed by atoms with Gasteiger partial charge in [0.05, 0.1) is 5.69 Å². The van der Waals surface area contributed by atoms with Gasteiger partial charge in [-0.3, -0.25) is 4.79 Å². The summed E-state index contributed by atoms with van der Waals surface area (Å²) in [5.74, 6) is -4.18. The maximum absolute atomic E-state index is 13.4. The minimum absolute atomic E-state index is 0.115. The predicted molar refractivity (Wildman–Crippen MR) is 65.9 cm³/mol. The Balaban J connectivity index is 2.18. The Morgan fingerprint density at radius 1 is 1.00 bits per heavy atom. The average molecular weight is 282 g/mol. The monoisotopic (exact) mass is 282 g/mol. The zero-order valence-corrected chi connectivity index (χ0v) is 10.2. The summed E-state index contributed by atoms with van der Waals surface area (Å²) in [6, 6.07) is 4.66. The third-order valence-corrected chi connectivity index (χ3v) is 2.27. The minimum Gasteiger partial charge on any atom is -0.336 e. The molecule has 1 aromatic carbocycles. The topological polar surface area (TPSA) is 66.9 Å². The first kappa shape index (κ1) is 13.8. The molecule has 0 fully saturated rings. The molecule has 0 aliphatic carbocycles. The van der Waals surface area contributed by atoms with E-state index in [9.17, 15) is 18.0 Å². The Kier molecular flexibility index (Phi) is 3.83. The quantitative estimate of drug-likeness (QED) is 0.849. The highest BCUT2D eigenvalue weighted by molar-refractivity contribution is 5.87. The second-order valence-electron chi connectivity index (χ2n) is 3.83. The zero-order valence-electron chi connectivity index (χ0n) is 10.2. The van der Waals surface area contributed by atoms with Crippen LogP contribution in [-0.2, 0) is 4.79 Å². The number of amides is 1. The molecule has 1 amide bonds. The Labute approximate surface area is 111 Å². The summed E-state index contributed by atoms with van der Waals surface area (Å²) in [5, 5.41) is 12.2. The lowest BCUT2D eigenvalue weighted by atomic mass is 10.3. The summed E-state index contributed by atoms with van der Waals surface area (Å²) in [7, 11) is 0. The normalized spacial score (nSPS) is 10.2. The van der Waals surface area contributed by atoms with Crippen molar-refractivity contribution in [3.8, 4) is 0 Å². The van der Waals surface area contributed by atoms with E-state index < -0.39 is 17.5 Å². The molecule has 0 saturated carbocycles. The third kappa shape index (κ3) is 3.02. The highest BCUT2D eigenvalue weighted by Crippen LogP contribution is 2.22. The van der Waals surface area contributed by atoms with E-state index in [0.29, 0.717) is 0 Å². The fraction of sp³-hybridized carbons (Fsp3) is 0.0833. The van der Waals surface area contributed by atoms with Crippen LogP contribution in [0.25, 0.3) is 0 Å². The molecule has 0 bridgehead atoms. The Hall–Kier alpha value is -2.64. The largest absolute Gasteiger partial charge is 0.336 e. The molecule has 1 heterocycles. The lowest BCUT2D eigenvalue weighted by molar-refractivity contribution is -0.114. The van der Waals surface area contributed by atoms with Crippen LogP contribution in [0.1, 0.15) is 6.92 Å². The van der Waals surface area contributed by atoms with Gasteiger partial charge < -0.3 is 10.6 Å². The van der Waals surface area contributed by atoms with Crippen LogP contribution in [0.15, 0.2) is 24.3 Å². The maximum atomic E-state index is 13.4. The number of carbonyl (C=O) groups is 1. The van der Waals surface area contributed by atoms with Gasteiger partial charge >= 0.3 is 0 Å². The summed E-state index contributed by atoms with van der Waals surface area (Å²) in [6.07, 6.45) is 0. The first-order chi connectivity index (χ1) is 9.47. The molecular weight excluding hydrogens is 273 g/mol. The van der Waals surface area contributed by atoms with Crippen molar-refractivity contribution in [1.29, 1.82) is 0 Å². The van der Waals surface area contributed by atoms with Crippen LogP contribution in [-0.4, -0.2) is 16.1 Å². The van der Waals surface area contributed by atoms with Gasteiger partial charge in [-0.15, -0.1) is 10.2 Å². The standard InChI is InChI=1S/C12H9F3N4O/c1-6(20)16-9-4-5-10(19-18-9)17-8-3-2-7(13)11(14)12(8)15/h2-5H,1H3,(H,17,19)(H,16,18,20). The van der Waals surface area contributed by atoms with E-state index in [1.807, 2.05) is 0 Å². The first-order valence-corrected chi connectivity index (χ1v) is 5.49. The molecule has 0 atom stereocenters. The lowest BCUT2D eigenvalue weighted by Crippen LogP contribution is -2.08. The number of hydrogen-bond donors (Lipinski definition) is 2. The maximum Gasteiger partial charge on any atom is 0.222 e. The number of halogens is 3. The van der Waals surface area contributed by atoms with E-state index in [1.54, 1.807) is 0 Å². The highest BCUT2D eigenvalue weighted by atomic mass is 19.2. The van der Waals surface area contributed by atoms with E-state index in [1.165, 1.54) is 19.1 Å². The van der Waals surface area contributed by atoms with Gasteiger partial charge in [0.15, 0.2) is 29.1 Å². The molecule has 104 valence electrons. The molecule has 20 heavy (non-hydrogen) atoms. The fourth-order valence-electron chi connectivity index (χ4n) is 1.41. The van der Waals surface area contributed by atoms with Crippen LogP contribution in [0.5, 0.6) is 0 Å². The van der Waals surface area contributed by atoms with Crippen molar-refractivity contribution in [1.82, 2.24) is 10.2 Å². The Morgan fingerprint density at radius 3 is 2.25 bits per heavy atom. The molecular formula is C12H9F3N4O. The molecule has 2 N–H and O–H groups in total. The number of hydrogen-bond acceptors (Lipinski definition) is 4. The molecule has 0 aliphatic rings. The van der Waals surface area contributed by atoms with Crippen molar-refractivity contribution in [3.05, 3.63) is 41.7 Å². The van der Waals surface area contributed by atoms with E-state index in [0.717, 1.165) is 12.1 Å². The van der Waals surface area contributed by atoms with E-state index in [-0.39, 0.29) is 23.2 Å². The molecule has 5 nitrogen and oxygen atoms in total. The second-order valence-corrected chi connectivity index (χ2v) is 3.83. The van der Waals surface area contributed by atoms with Gasteiger partial charge in [-0.25, -0.2) is 13.2 Å². The summed E-state index contributed by atoms with van der Waals surface area (Å²) in [6.45, 7) is 1.31. The molecule has 0 spiro atoms. The van der Waals surface area contributed by atoms with Crippen LogP contribution in [0.2, 0.25) is 0 Å². The van der Waals surface area contributed by atoms with Crippen LogP contribution in [0, 0.1) is 17.5 Å². The van der Waals surface area contributed by atoms with Crippen LogP contribution < -0.4 is 10.6 Å². The number of nitrogens with one attached hydrogen (secondary N) is 2. The molecule has 2 rings (SSSR count). The molecule has 0 aliphatic heterocycles. The number of anilines is 3. The lowest BCUT2D eigenvalue weighted by Gasteiger charge is -2.07. The first-order valence-electron chi connectivity index (χ1n) is 5.49. The average Bonchev–Trinajstić information content (AvgIpc) is 2.41. The highest BCUT2D eigenvalue weighted by Gasteiger charge is 2.13. The summed E-state index contributed by atoms with van der Waals surface area (Å²) in [4.78, 5) is 10.8. The van der Waals surface area contributed by atoms with Gasteiger partial charge in [-0.1, -0.05) is 0 Å². The van der Waals surface area contributed by atoms with Crippen LogP contribution in [0.3, 0.4) is 0 Å². The second kappa shape index (κ2) is 5.55. The SMILES string of the molecule is CC(=O)Nc1ccc(Nc2ccc(F)c(F)c2F)nn1. The van der Waals surface area contributed by atoms with Crippen LogP contribution >= 0.6 is 0 Å². The Morgan fingerprint density at radius 2 is 1.65 bits per heavy atom. The van der Waals surface area contributed by atoms with Crippen molar-refractivity contribution in [2.75, 3.05) is 10.6 Å². The number of rotatable bonds is 3. The molecule has 0 saturated heterocycles. The van der Waals surface area contributed by atoms with Gasteiger partial charge in [0, 0.05) is 6.92 Å². The van der Waals surface area contributed by atoms with Gasteiger partial charge in [0.1, 0.15) is 0 Å². The molecule has 0 unspecified atom stereocenters. The van der Waals surface area contributed by atoms with Crippen molar-refractivity contribution >= 4 is 23.2 Å². The van der Waals surface area contributed by atoms with Gasteiger partial charge in [0.25, 0.3) is 0 Å². The van der Waals surface area contributed by atoms with Gasteiger partial charge in [-0.05, 0) is 24.3 Å². The fourth-order valence-corrected chi connectivity index (χ4v) is 1.41. The van der Waals surface area contributed by atoms with Crippen molar-refractivity contribution < 1.29 is 18.0 Å². The number of carbonyl (C=O) groups excluding carboxylic acids is 1. The van der Waals surface area contributed by atoms with E-state index >= 15 is 0 Å². The molecule has 8 heteroatoms. The Bertz CT molecular complexity index is 646. The molecule has 0 radical (unpaired) electrons. The zero-order chi connectivity index (χ0) is 14.7. The molecule has 1 aromatic heterocycles. The summed E-state index contributed by atoms with van der Waals surface area (Å²) in [5.41, 5.74) is -0.273. The van der Waals surface area contributed by atoms with Crippen molar-refractivity contribution in [2.24, 2.45) is 0 Å². The van der Waals surface area contributed by atoms with E-state index in [4.69, 9.17) is 0 Å². The smallest absolute Gasteiger partial charge is 0.222 e.